The number of aromatic nitrogens is 1. The van der Waals surface area contributed by atoms with Crippen molar-refractivity contribution in [1.82, 2.24) is 4.98 Å². The lowest BCUT2D eigenvalue weighted by Gasteiger charge is -2.07. The molecule has 2 rings (SSSR count). The molecule has 5 heteroatoms. The number of rotatable bonds is 4. The van der Waals surface area contributed by atoms with Crippen molar-refractivity contribution in [2.45, 2.75) is 18.2 Å². The van der Waals surface area contributed by atoms with Gasteiger partial charge in [0.25, 0.3) is 0 Å². The van der Waals surface area contributed by atoms with Crippen LogP contribution in [0.3, 0.4) is 0 Å². The van der Waals surface area contributed by atoms with Crippen molar-refractivity contribution >= 4 is 20.7 Å². The smallest absolute Gasteiger partial charge is 0.175 e. The number of nitrogens with two attached hydrogens (primary N) is 1. The van der Waals surface area contributed by atoms with Crippen LogP contribution in [0.5, 0.6) is 0 Å². The van der Waals surface area contributed by atoms with Gasteiger partial charge < -0.3 is 10.7 Å². The molecule has 0 bridgehead atoms. The summed E-state index contributed by atoms with van der Waals surface area (Å²) in [5.74, 6) is 0.380. The molecule has 0 radical (unpaired) electrons. The SMILES string of the molecule is CC(CN)Cc1c[nH]c2ccc(S(C)(=O)=O)cc12. The predicted octanol–water partition coefficient (Wildman–Crippen LogP) is 1.71. The lowest BCUT2D eigenvalue weighted by molar-refractivity contribution is 0.595. The summed E-state index contributed by atoms with van der Waals surface area (Å²) in [7, 11) is -3.16. The van der Waals surface area contributed by atoms with Gasteiger partial charge in [0.1, 0.15) is 0 Å². The Kier molecular flexibility index (Phi) is 3.45. The summed E-state index contributed by atoms with van der Waals surface area (Å²) in [5, 5.41) is 0.971. The molecule has 0 spiro atoms. The van der Waals surface area contributed by atoms with Crippen LogP contribution in [0.15, 0.2) is 29.3 Å². The van der Waals surface area contributed by atoms with Crippen LogP contribution < -0.4 is 5.73 Å². The fourth-order valence-corrected chi connectivity index (χ4v) is 2.66. The number of fused-ring (bicyclic) bond motifs is 1. The summed E-state index contributed by atoms with van der Waals surface area (Å²) in [4.78, 5) is 3.52. The molecular formula is C13H18N2O2S. The van der Waals surface area contributed by atoms with Gasteiger partial charge in [-0.1, -0.05) is 6.92 Å². The lowest BCUT2D eigenvalue weighted by Crippen LogP contribution is -2.12. The van der Waals surface area contributed by atoms with Crippen LogP contribution in [0.25, 0.3) is 10.9 Å². The van der Waals surface area contributed by atoms with Gasteiger partial charge in [0.2, 0.25) is 0 Å². The molecular weight excluding hydrogens is 248 g/mol. The van der Waals surface area contributed by atoms with E-state index in [1.807, 2.05) is 12.3 Å². The summed E-state index contributed by atoms with van der Waals surface area (Å²) in [6, 6.07) is 5.17. The minimum absolute atomic E-state index is 0.358. The fourth-order valence-electron chi connectivity index (χ4n) is 2.02. The van der Waals surface area contributed by atoms with Crippen molar-refractivity contribution in [3.63, 3.8) is 0 Å². The summed E-state index contributed by atoms with van der Waals surface area (Å²) < 4.78 is 23.1. The molecule has 1 atom stereocenters. The Bertz CT molecular complexity index is 659. The molecule has 0 aliphatic heterocycles. The summed E-state index contributed by atoms with van der Waals surface area (Å²) >= 11 is 0. The Labute approximate surface area is 107 Å². The fraction of sp³-hybridized carbons (Fsp3) is 0.385. The first-order valence-electron chi connectivity index (χ1n) is 5.92. The van der Waals surface area contributed by atoms with Crippen molar-refractivity contribution in [3.05, 3.63) is 30.0 Å². The molecule has 98 valence electrons. The first-order chi connectivity index (χ1) is 8.41. The third kappa shape index (κ3) is 2.57. The van der Waals surface area contributed by atoms with Crippen LogP contribution in [0.4, 0.5) is 0 Å². The van der Waals surface area contributed by atoms with E-state index in [0.29, 0.717) is 17.4 Å². The van der Waals surface area contributed by atoms with Gasteiger partial charge in [0.15, 0.2) is 9.84 Å². The quantitative estimate of drug-likeness (QED) is 0.884. The highest BCUT2D eigenvalue weighted by molar-refractivity contribution is 7.90. The van der Waals surface area contributed by atoms with E-state index in [0.717, 1.165) is 22.9 Å². The van der Waals surface area contributed by atoms with E-state index in [9.17, 15) is 8.42 Å². The van der Waals surface area contributed by atoms with E-state index in [1.165, 1.54) is 6.26 Å². The topological polar surface area (TPSA) is 76.0 Å². The molecule has 1 aromatic carbocycles. The first kappa shape index (κ1) is 13.1. The van der Waals surface area contributed by atoms with Crippen molar-refractivity contribution in [3.8, 4) is 0 Å². The molecule has 1 unspecified atom stereocenters. The maximum atomic E-state index is 11.6. The van der Waals surface area contributed by atoms with E-state index >= 15 is 0 Å². The molecule has 1 aromatic heterocycles. The maximum absolute atomic E-state index is 11.6. The second-order valence-electron chi connectivity index (χ2n) is 4.84. The zero-order valence-electron chi connectivity index (χ0n) is 10.6. The monoisotopic (exact) mass is 266 g/mol. The van der Waals surface area contributed by atoms with Crippen LogP contribution >= 0.6 is 0 Å². The van der Waals surface area contributed by atoms with Crippen molar-refractivity contribution in [1.29, 1.82) is 0 Å². The van der Waals surface area contributed by atoms with Gasteiger partial charge in [-0.2, -0.15) is 0 Å². The van der Waals surface area contributed by atoms with Gasteiger partial charge in [-0.3, -0.25) is 0 Å². The molecule has 0 fully saturated rings. The maximum Gasteiger partial charge on any atom is 0.175 e. The largest absolute Gasteiger partial charge is 0.361 e. The van der Waals surface area contributed by atoms with Gasteiger partial charge in [0, 0.05) is 23.4 Å². The van der Waals surface area contributed by atoms with Crippen LogP contribution in [0.2, 0.25) is 0 Å². The number of aromatic amines is 1. The number of nitrogens with one attached hydrogen (secondary N) is 1. The molecule has 18 heavy (non-hydrogen) atoms. The Morgan fingerprint density at radius 2 is 2.11 bits per heavy atom. The second kappa shape index (κ2) is 4.74. The third-order valence-electron chi connectivity index (χ3n) is 3.14. The van der Waals surface area contributed by atoms with Gasteiger partial charge in [0.05, 0.1) is 4.90 Å². The van der Waals surface area contributed by atoms with Crippen LogP contribution in [-0.2, 0) is 16.3 Å². The van der Waals surface area contributed by atoms with Crippen LogP contribution in [0.1, 0.15) is 12.5 Å². The zero-order chi connectivity index (χ0) is 13.3. The normalized spacial score (nSPS) is 13.9. The van der Waals surface area contributed by atoms with E-state index < -0.39 is 9.84 Å². The highest BCUT2D eigenvalue weighted by atomic mass is 32.2. The first-order valence-corrected chi connectivity index (χ1v) is 7.81. The second-order valence-corrected chi connectivity index (χ2v) is 6.85. The Balaban J connectivity index is 2.50. The third-order valence-corrected chi connectivity index (χ3v) is 4.25. The minimum Gasteiger partial charge on any atom is -0.361 e. The van der Waals surface area contributed by atoms with Crippen LogP contribution in [-0.4, -0.2) is 26.2 Å². The molecule has 0 aliphatic carbocycles. The molecule has 0 aliphatic rings. The van der Waals surface area contributed by atoms with Crippen molar-refractivity contribution in [2.24, 2.45) is 11.7 Å². The van der Waals surface area contributed by atoms with Gasteiger partial charge in [-0.15, -0.1) is 0 Å². The number of sulfone groups is 1. The van der Waals surface area contributed by atoms with E-state index in [1.54, 1.807) is 12.1 Å². The van der Waals surface area contributed by atoms with Gasteiger partial charge >= 0.3 is 0 Å². The highest BCUT2D eigenvalue weighted by Gasteiger charge is 2.12. The van der Waals surface area contributed by atoms with E-state index in [2.05, 4.69) is 11.9 Å². The summed E-state index contributed by atoms with van der Waals surface area (Å²) in [6.07, 6.45) is 4.01. The highest BCUT2D eigenvalue weighted by Crippen LogP contribution is 2.24. The average Bonchev–Trinajstić information content (AvgIpc) is 2.70. The summed E-state index contributed by atoms with van der Waals surface area (Å²) in [6.45, 7) is 2.71. The Morgan fingerprint density at radius 3 is 2.72 bits per heavy atom. The zero-order valence-corrected chi connectivity index (χ0v) is 11.4. The van der Waals surface area contributed by atoms with Gasteiger partial charge in [-0.05, 0) is 42.6 Å². The molecule has 2 aromatic rings. The van der Waals surface area contributed by atoms with Crippen molar-refractivity contribution in [2.75, 3.05) is 12.8 Å². The molecule has 3 N–H and O–H groups in total. The molecule has 4 nitrogen and oxygen atoms in total. The number of hydrogen-bond donors (Lipinski definition) is 2. The molecule has 1 heterocycles. The number of benzene rings is 1. The molecule has 0 amide bonds. The Hall–Kier alpha value is -1.33. The van der Waals surface area contributed by atoms with Crippen molar-refractivity contribution < 1.29 is 8.42 Å². The summed E-state index contributed by atoms with van der Waals surface area (Å²) in [5.41, 5.74) is 7.70. The average molecular weight is 266 g/mol. The van der Waals surface area contributed by atoms with Gasteiger partial charge in [-0.25, -0.2) is 8.42 Å². The van der Waals surface area contributed by atoms with E-state index in [4.69, 9.17) is 5.73 Å². The predicted molar refractivity (Wildman–Crippen MR) is 73.3 cm³/mol. The number of hydrogen-bond acceptors (Lipinski definition) is 3. The minimum atomic E-state index is -3.16. The van der Waals surface area contributed by atoms with E-state index in [-0.39, 0.29) is 0 Å². The lowest BCUT2D eigenvalue weighted by atomic mass is 10.0. The molecule has 0 saturated heterocycles. The molecule has 0 saturated carbocycles. The Morgan fingerprint density at radius 1 is 1.39 bits per heavy atom. The number of H-pyrrole nitrogens is 1. The standard InChI is InChI=1S/C13H18N2O2S/c1-9(7-14)5-10-8-15-13-4-3-11(6-12(10)13)18(2,16)17/h3-4,6,8-9,15H,5,7,14H2,1-2H3. The van der Waals surface area contributed by atoms with Crippen LogP contribution in [0, 0.1) is 5.92 Å².